The molecule has 8 heteroatoms. The van der Waals surface area contributed by atoms with Crippen molar-refractivity contribution < 1.29 is 33.1 Å². The normalized spacial score (nSPS) is 11.9. The molecule has 0 spiro atoms. The number of ether oxygens (including phenoxy) is 4. The van der Waals surface area contributed by atoms with Gasteiger partial charge in [-0.15, -0.1) is 0 Å². The molecule has 0 aliphatic heterocycles. The zero-order valence-corrected chi connectivity index (χ0v) is 18.9. The van der Waals surface area contributed by atoms with Crippen LogP contribution in [-0.4, -0.2) is 45.4 Å². The van der Waals surface area contributed by atoms with Crippen LogP contribution in [0, 0.1) is 0 Å². The predicted octanol–water partition coefficient (Wildman–Crippen LogP) is 2.68. The van der Waals surface area contributed by atoms with Crippen LogP contribution in [-0.2, 0) is 22.5 Å². The number of aldehydes is 1. The molecule has 31 heavy (non-hydrogen) atoms. The number of rotatable bonds is 9. The zero-order valence-electron chi connectivity index (χ0n) is 18.9. The molecule has 0 fully saturated rings. The van der Waals surface area contributed by atoms with E-state index in [9.17, 15) is 9.59 Å². The Morgan fingerprint density at radius 1 is 1.06 bits per heavy atom. The minimum absolute atomic E-state index is 0.360. The summed E-state index contributed by atoms with van der Waals surface area (Å²) in [6, 6.07) is 6.74. The highest BCUT2D eigenvalue weighted by Gasteiger charge is 2.20. The van der Waals surface area contributed by atoms with Crippen LogP contribution in [0.4, 0.5) is 4.79 Å². The third-order valence-electron chi connectivity index (χ3n) is 4.44. The van der Waals surface area contributed by atoms with Gasteiger partial charge >= 0.3 is 6.09 Å². The molecule has 2 rings (SSSR count). The van der Waals surface area contributed by atoms with E-state index in [1.165, 1.54) is 0 Å². The van der Waals surface area contributed by atoms with Crippen molar-refractivity contribution in [3.05, 3.63) is 47.8 Å². The van der Waals surface area contributed by atoms with Gasteiger partial charge in [-0.2, -0.15) is 0 Å². The summed E-state index contributed by atoms with van der Waals surface area (Å²) in [6.45, 7) is 5.83. The summed E-state index contributed by atoms with van der Waals surface area (Å²) in [5.41, 5.74) is 1.15. The van der Waals surface area contributed by atoms with E-state index in [0.29, 0.717) is 36.5 Å². The van der Waals surface area contributed by atoms with Crippen LogP contribution in [0.25, 0.3) is 0 Å². The molecule has 2 aromatic rings. The van der Waals surface area contributed by atoms with Crippen molar-refractivity contribution in [2.75, 3.05) is 21.3 Å². The van der Waals surface area contributed by atoms with Crippen LogP contribution in [0.2, 0.25) is 0 Å². The summed E-state index contributed by atoms with van der Waals surface area (Å²) in [5, 5.41) is 2.59. The van der Waals surface area contributed by atoms with Crippen molar-refractivity contribution in [3.63, 3.8) is 0 Å². The molecule has 1 N–H and O–H groups in total. The Morgan fingerprint density at radius 3 is 2.10 bits per heavy atom. The minimum Gasteiger partial charge on any atom is -0.496 e. The molecular formula is C23H31N2O6+. The Hall–Kier alpha value is -3.29. The minimum atomic E-state index is -0.674. The molecule has 1 aromatic heterocycles. The molecule has 0 aliphatic rings. The number of amides is 1. The average Bonchev–Trinajstić information content (AvgIpc) is 2.73. The van der Waals surface area contributed by atoms with E-state index in [1.54, 1.807) is 42.1 Å². The number of pyridine rings is 1. The first kappa shape index (κ1) is 24.0. The van der Waals surface area contributed by atoms with Gasteiger partial charge in [0.1, 0.15) is 34.7 Å². The average molecular weight is 432 g/mol. The molecule has 168 valence electrons. The van der Waals surface area contributed by atoms with E-state index in [4.69, 9.17) is 18.9 Å². The van der Waals surface area contributed by atoms with Crippen LogP contribution in [0.15, 0.2) is 36.7 Å². The van der Waals surface area contributed by atoms with Gasteiger partial charge in [-0.1, -0.05) is 0 Å². The monoisotopic (exact) mass is 431 g/mol. The zero-order chi connectivity index (χ0) is 23.0. The molecule has 0 radical (unpaired) electrons. The molecule has 8 nitrogen and oxygen atoms in total. The summed E-state index contributed by atoms with van der Waals surface area (Å²) < 4.78 is 23.5. The lowest BCUT2D eigenvalue weighted by atomic mass is 10.1. The topological polar surface area (TPSA) is 87.0 Å². The molecule has 0 saturated carbocycles. The van der Waals surface area contributed by atoms with Gasteiger partial charge in [0.15, 0.2) is 18.9 Å². The first-order valence-electron chi connectivity index (χ1n) is 9.90. The Kier molecular flexibility index (Phi) is 8.24. The Bertz CT molecular complexity index is 865. The number of methoxy groups -OCH3 is 3. The van der Waals surface area contributed by atoms with E-state index in [2.05, 4.69) is 5.32 Å². The maximum absolute atomic E-state index is 11.9. The smallest absolute Gasteiger partial charge is 0.408 e. The predicted molar refractivity (Wildman–Crippen MR) is 115 cm³/mol. The van der Waals surface area contributed by atoms with E-state index in [0.717, 1.165) is 11.1 Å². The molecule has 1 atom stereocenters. The van der Waals surface area contributed by atoms with Crippen molar-refractivity contribution in [1.82, 2.24) is 5.32 Å². The summed E-state index contributed by atoms with van der Waals surface area (Å²) in [7, 11) is 4.79. The van der Waals surface area contributed by atoms with Crippen LogP contribution >= 0.6 is 0 Å². The molecular weight excluding hydrogens is 400 g/mol. The van der Waals surface area contributed by atoms with E-state index in [1.807, 2.05) is 41.2 Å². The molecule has 1 unspecified atom stereocenters. The van der Waals surface area contributed by atoms with E-state index >= 15 is 0 Å². The fourth-order valence-electron chi connectivity index (χ4n) is 2.99. The van der Waals surface area contributed by atoms with Gasteiger partial charge in [-0.3, -0.25) is 0 Å². The van der Waals surface area contributed by atoms with Gasteiger partial charge < -0.3 is 29.1 Å². The number of carbonyl (C=O) groups is 2. The van der Waals surface area contributed by atoms with E-state index < -0.39 is 17.7 Å². The Morgan fingerprint density at radius 2 is 1.65 bits per heavy atom. The lowest BCUT2D eigenvalue weighted by molar-refractivity contribution is -0.688. The molecule has 0 aliphatic carbocycles. The number of hydrogen-bond acceptors (Lipinski definition) is 6. The van der Waals surface area contributed by atoms with Crippen LogP contribution in [0.5, 0.6) is 17.2 Å². The summed E-state index contributed by atoms with van der Waals surface area (Å²) in [6.07, 6.45) is 4.24. The lowest BCUT2D eigenvalue weighted by Gasteiger charge is -2.21. The number of nitrogens with one attached hydrogen (secondary N) is 1. The van der Waals surface area contributed by atoms with Gasteiger partial charge in [-0.25, -0.2) is 9.36 Å². The van der Waals surface area contributed by atoms with Crippen molar-refractivity contribution in [2.45, 2.75) is 45.4 Å². The van der Waals surface area contributed by atoms with Gasteiger partial charge in [0.2, 0.25) is 0 Å². The van der Waals surface area contributed by atoms with Crippen molar-refractivity contribution in [3.8, 4) is 17.2 Å². The molecule has 1 amide bonds. The van der Waals surface area contributed by atoms with E-state index in [-0.39, 0.29) is 0 Å². The number of nitrogens with zero attached hydrogens (tertiary/aromatic N) is 1. The maximum Gasteiger partial charge on any atom is 0.408 e. The van der Waals surface area contributed by atoms with Gasteiger partial charge in [0, 0.05) is 30.7 Å². The third-order valence-corrected chi connectivity index (χ3v) is 4.44. The second kappa shape index (κ2) is 10.7. The Balaban J connectivity index is 2.10. The lowest BCUT2D eigenvalue weighted by Crippen LogP contribution is -2.41. The maximum atomic E-state index is 11.9. The van der Waals surface area contributed by atoms with Gasteiger partial charge in [0.25, 0.3) is 0 Å². The Labute approximate surface area is 183 Å². The summed E-state index contributed by atoms with van der Waals surface area (Å²) >= 11 is 0. The number of hydrogen-bond donors (Lipinski definition) is 1. The van der Waals surface area contributed by atoms with Gasteiger partial charge in [-0.05, 0) is 26.3 Å². The SMILES string of the molecule is COc1cc(OC)c(C[n+]2ccc(CC(C=O)NC(=O)OC(C)(C)C)cc2)c(OC)c1. The molecule has 1 aromatic carbocycles. The number of carbonyl (C=O) groups excluding carboxylic acids is 2. The van der Waals surface area contributed by atoms with Gasteiger partial charge in [0.05, 0.1) is 27.4 Å². The number of alkyl carbamates (subject to hydrolysis) is 1. The first-order chi connectivity index (χ1) is 14.7. The van der Waals surface area contributed by atoms with Crippen molar-refractivity contribution in [2.24, 2.45) is 0 Å². The highest BCUT2D eigenvalue weighted by Crippen LogP contribution is 2.33. The van der Waals surface area contributed by atoms with Crippen LogP contribution < -0.4 is 24.1 Å². The van der Waals surface area contributed by atoms with Crippen molar-refractivity contribution >= 4 is 12.4 Å². The number of aromatic nitrogens is 1. The standard InChI is InChI=1S/C23H30N2O6/c1-23(2,3)31-22(27)24-17(15-26)11-16-7-9-25(10-8-16)14-19-20(29-5)12-18(28-4)13-21(19)30-6/h7-10,12-13,15,17H,11,14H2,1-6H3/p+1. The van der Waals surface area contributed by atoms with Crippen LogP contribution in [0.1, 0.15) is 31.9 Å². The quantitative estimate of drug-likeness (QED) is 0.485. The molecule has 0 saturated heterocycles. The second-order valence-electron chi connectivity index (χ2n) is 7.98. The van der Waals surface area contributed by atoms with Crippen LogP contribution in [0.3, 0.4) is 0 Å². The highest BCUT2D eigenvalue weighted by atomic mass is 16.6. The van der Waals surface area contributed by atoms with Crippen molar-refractivity contribution in [1.29, 1.82) is 0 Å². The fraction of sp³-hybridized carbons (Fsp3) is 0.435. The summed E-state index contributed by atoms with van der Waals surface area (Å²) in [5.74, 6) is 1.97. The number of benzene rings is 1. The highest BCUT2D eigenvalue weighted by molar-refractivity contribution is 5.73. The molecule has 0 bridgehead atoms. The summed E-state index contributed by atoms with van der Waals surface area (Å²) in [4.78, 5) is 23.3. The third kappa shape index (κ3) is 7.16. The largest absolute Gasteiger partial charge is 0.496 e. The fourth-order valence-corrected chi connectivity index (χ4v) is 2.99. The molecule has 1 heterocycles. The first-order valence-corrected chi connectivity index (χ1v) is 9.90. The second-order valence-corrected chi connectivity index (χ2v) is 7.98.